The maximum absolute atomic E-state index is 12.8. The van der Waals surface area contributed by atoms with Gasteiger partial charge in [-0.3, -0.25) is 4.79 Å². The zero-order valence-electron chi connectivity index (χ0n) is 8.52. The van der Waals surface area contributed by atoms with Crippen LogP contribution in [-0.4, -0.2) is 11.3 Å². The molecular formula is C11H7ClFNO2S. The van der Waals surface area contributed by atoms with E-state index in [1.54, 1.807) is 0 Å². The van der Waals surface area contributed by atoms with Gasteiger partial charge >= 0.3 is 0 Å². The zero-order chi connectivity index (χ0) is 12.3. The quantitative estimate of drug-likeness (QED) is 0.801. The van der Waals surface area contributed by atoms with E-state index < -0.39 is 5.82 Å². The second-order valence-electron chi connectivity index (χ2n) is 3.14. The molecule has 0 bridgehead atoms. The van der Waals surface area contributed by atoms with Gasteiger partial charge in [0.2, 0.25) is 0 Å². The Morgan fingerprint density at radius 3 is 3.00 bits per heavy atom. The summed E-state index contributed by atoms with van der Waals surface area (Å²) in [5.74, 6) is -0.0317. The van der Waals surface area contributed by atoms with Gasteiger partial charge in [-0.2, -0.15) is 0 Å². The first-order chi connectivity index (χ1) is 8.19. The first-order valence-electron chi connectivity index (χ1n) is 4.67. The Morgan fingerprint density at radius 2 is 2.35 bits per heavy atom. The predicted octanol–water partition coefficient (Wildman–Crippen LogP) is 3.33. The number of nitrogens with zero attached hydrogens (tertiary/aromatic N) is 1. The number of rotatable bonds is 4. The van der Waals surface area contributed by atoms with E-state index in [4.69, 9.17) is 16.3 Å². The number of ether oxygens (including phenoxy) is 1. The number of aromatic nitrogens is 1. The van der Waals surface area contributed by atoms with Crippen LogP contribution in [0.25, 0.3) is 0 Å². The van der Waals surface area contributed by atoms with E-state index in [1.807, 2.05) is 0 Å². The fourth-order valence-electron chi connectivity index (χ4n) is 1.18. The summed E-state index contributed by atoms with van der Waals surface area (Å²) in [5, 5.41) is 0.865. The van der Waals surface area contributed by atoms with E-state index in [0.29, 0.717) is 15.6 Å². The largest absolute Gasteiger partial charge is 0.485 e. The fourth-order valence-corrected chi connectivity index (χ4v) is 2.05. The number of hydrogen-bond acceptors (Lipinski definition) is 4. The minimum Gasteiger partial charge on any atom is -0.485 e. The lowest BCUT2D eigenvalue weighted by Crippen LogP contribution is -1.95. The van der Waals surface area contributed by atoms with Crippen molar-refractivity contribution >= 4 is 29.2 Å². The molecule has 0 radical (unpaired) electrons. The third-order valence-electron chi connectivity index (χ3n) is 1.93. The van der Waals surface area contributed by atoms with Crippen LogP contribution in [0.15, 0.2) is 24.4 Å². The highest BCUT2D eigenvalue weighted by Gasteiger charge is 2.06. The van der Waals surface area contributed by atoms with Crippen LogP contribution in [0.3, 0.4) is 0 Å². The first-order valence-corrected chi connectivity index (χ1v) is 5.86. The molecule has 0 spiro atoms. The number of carbonyl (C=O) groups is 1. The lowest BCUT2D eigenvalue weighted by Gasteiger charge is -2.05. The summed E-state index contributed by atoms with van der Waals surface area (Å²) in [6, 6.07) is 3.89. The van der Waals surface area contributed by atoms with Crippen LogP contribution < -0.4 is 4.74 Å². The van der Waals surface area contributed by atoms with E-state index in [2.05, 4.69) is 4.98 Å². The molecule has 1 heterocycles. The predicted molar refractivity (Wildman–Crippen MR) is 63.2 cm³/mol. The summed E-state index contributed by atoms with van der Waals surface area (Å²) >= 11 is 7.03. The standard InChI is InChI=1S/C11H7ClFNO2S/c12-9-3-7(13)1-2-10(9)16-6-11-14-4-8(5-15)17-11/h1-5H,6H2. The van der Waals surface area contributed by atoms with Gasteiger partial charge in [0, 0.05) is 6.20 Å². The first kappa shape index (κ1) is 12.0. The van der Waals surface area contributed by atoms with Gasteiger partial charge in [-0.25, -0.2) is 9.37 Å². The van der Waals surface area contributed by atoms with Gasteiger partial charge in [0.1, 0.15) is 23.2 Å². The number of thiazole rings is 1. The van der Waals surface area contributed by atoms with Crippen LogP contribution >= 0.6 is 22.9 Å². The summed E-state index contributed by atoms with van der Waals surface area (Å²) in [7, 11) is 0. The normalized spacial score (nSPS) is 10.2. The summed E-state index contributed by atoms with van der Waals surface area (Å²) < 4.78 is 18.1. The smallest absolute Gasteiger partial charge is 0.161 e. The second-order valence-corrected chi connectivity index (χ2v) is 4.69. The van der Waals surface area contributed by atoms with Gasteiger partial charge in [0.05, 0.1) is 9.90 Å². The Kier molecular flexibility index (Phi) is 3.71. The highest BCUT2D eigenvalue weighted by atomic mass is 35.5. The van der Waals surface area contributed by atoms with Crippen molar-refractivity contribution in [3.8, 4) is 5.75 Å². The van der Waals surface area contributed by atoms with Crippen molar-refractivity contribution in [3.63, 3.8) is 0 Å². The molecule has 2 aromatic rings. The van der Waals surface area contributed by atoms with Crippen molar-refractivity contribution in [2.75, 3.05) is 0 Å². The molecule has 0 unspecified atom stereocenters. The highest BCUT2D eigenvalue weighted by molar-refractivity contribution is 7.13. The van der Waals surface area contributed by atoms with Crippen molar-refractivity contribution in [1.29, 1.82) is 0 Å². The summed E-state index contributed by atoms with van der Waals surface area (Å²) in [6.45, 7) is 0.198. The monoisotopic (exact) mass is 271 g/mol. The maximum atomic E-state index is 12.8. The van der Waals surface area contributed by atoms with Crippen LogP contribution in [0.2, 0.25) is 5.02 Å². The van der Waals surface area contributed by atoms with Crippen molar-refractivity contribution in [3.05, 3.63) is 45.1 Å². The topological polar surface area (TPSA) is 39.2 Å². The number of aldehydes is 1. The lowest BCUT2D eigenvalue weighted by atomic mass is 10.3. The van der Waals surface area contributed by atoms with Gasteiger partial charge in [-0.05, 0) is 18.2 Å². The van der Waals surface area contributed by atoms with E-state index in [0.717, 1.165) is 6.29 Å². The number of halogens is 2. The molecule has 2 rings (SSSR count). The third-order valence-corrected chi connectivity index (χ3v) is 3.12. The average Bonchev–Trinajstić information content (AvgIpc) is 2.76. The minimum absolute atomic E-state index is 0.198. The van der Waals surface area contributed by atoms with E-state index in [-0.39, 0.29) is 11.6 Å². The summed E-state index contributed by atoms with van der Waals surface area (Å²) in [6.07, 6.45) is 2.20. The van der Waals surface area contributed by atoms with Crippen molar-refractivity contribution < 1.29 is 13.9 Å². The van der Waals surface area contributed by atoms with Gasteiger partial charge < -0.3 is 4.74 Å². The number of carbonyl (C=O) groups excluding carboxylic acids is 1. The van der Waals surface area contributed by atoms with Crippen molar-refractivity contribution in [1.82, 2.24) is 4.98 Å². The van der Waals surface area contributed by atoms with Crippen LogP contribution in [0, 0.1) is 5.82 Å². The SMILES string of the molecule is O=Cc1cnc(COc2ccc(F)cc2Cl)s1. The highest BCUT2D eigenvalue weighted by Crippen LogP contribution is 2.26. The Balaban J connectivity index is 2.04. The molecule has 1 aromatic carbocycles. The Labute approximate surface area is 106 Å². The minimum atomic E-state index is -0.417. The Hall–Kier alpha value is -1.46. The number of hydrogen-bond donors (Lipinski definition) is 0. The molecule has 0 atom stereocenters. The van der Waals surface area contributed by atoms with Crippen LogP contribution in [0.5, 0.6) is 5.75 Å². The molecule has 0 fully saturated rings. The molecule has 1 aromatic heterocycles. The molecule has 0 aliphatic rings. The van der Waals surface area contributed by atoms with E-state index >= 15 is 0 Å². The van der Waals surface area contributed by atoms with Crippen molar-refractivity contribution in [2.24, 2.45) is 0 Å². The number of benzene rings is 1. The van der Waals surface area contributed by atoms with Crippen LogP contribution in [0.1, 0.15) is 14.7 Å². The second kappa shape index (κ2) is 5.25. The molecule has 88 valence electrons. The molecule has 0 N–H and O–H groups in total. The maximum Gasteiger partial charge on any atom is 0.161 e. The molecule has 0 amide bonds. The summed E-state index contributed by atoms with van der Waals surface area (Å²) in [4.78, 5) is 15.0. The molecule has 0 saturated heterocycles. The van der Waals surface area contributed by atoms with Gasteiger partial charge in [0.25, 0.3) is 0 Å². The van der Waals surface area contributed by atoms with E-state index in [9.17, 15) is 9.18 Å². The molecule has 0 aliphatic heterocycles. The Morgan fingerprint density at radius 1 is 1.53 bits per heavy atom. The molecule has 0 aliphatic carbocycles. The third kappa shape index (κ3) is 3.01. The molecule has 3 nitrogen and oxygen atoms in total. The summed E-state index contributed by atoms with van der Waals surface area (Å²) in [5.41, 5.74) is 0. The van der Waals surface area contributed by atoms with E-state index in [1.165, 1.54) is 35.7 Å². The van der Waals surface area contributed by atoms with Crippen LogP contribution in [-0.2, 0) is 6.61 Å². The zero-order valence-corrected chi connectivity index (χ0v) is 10.1. The Bertz CT molecular complexity index is 544. The van der Waals surface area contributed by atoms with Gasteiger partial charge in [-0.15, -0.1) is 11.3 Å². The average molecular weight is 272 g/mol. The molecule has 6 heteroatoms. The van der Waals surface area contributed by atoms with Gasteiger partial charge in [0.15, 0.2) is 6.29 Å². The van der Waals surface area contributed by atoms with Crippen LogP contribution in [0.4, 0.5) is 4.39 Å². The van der Waals surface area contributed by atoms with Crippen molar-refractivity contribution in [2.45, 2.75) is 6.61 Å². The lowest BCUT2D eigenvalue weighted by molar-refractivity contribution is 0.112. The molecule has 17 heavy (non-hydrogen) atoms. The van der Waals surface area contributed by atoms with Gasteiger partial charge in [-0.1, -0.05) is 11.6 Å². The fraction of sp³-hybridized carbons (Fsp3) is 0.0909. The molecular weight excluding hydrogens is 265 g/mol. The molecule has 0 saturated carbocycles.